The third kappa shape index (κ3) is 3.34. The number of amides is 2. The molecule has 0 bridgehead atoms. The third-order valence-corrected chi connectivity index (χ3v) is 3.88. The lowest BCUT2D eigenvalue weighted by atomic mass is 9.99. The van der Waals surface area contributed by atoms with Crippen molar-refractivity contribution in [1.82, 2.24) is 4.90 Å². The van der Waals surface area contributed by atoms with Gasteiger partial charge in [-0.05, 0) is 17.7 Å². The van der Waals surface area contributed by atoms with Crippen LogP contribution < -0.4 is 5.32 Å². The van der Waals surface area contributed by atoms with Gasteiger partial charge in [-0.15, -0.1) is 0 Å². The first-order valence-electron chi connectivity index (χ1n) is 7.40. The van der Waals surface area contributed by atoms with Crippen LogP contribution in [-0.2, 0) is 9.59 Å². The summed E-state index contributed by atoms with van der Waals surface area (Å²) >= 11 is 0. The van der Waals surface area contributed by atoms with Crippen LogP contribution in [-0.4, -0.2) is 29.8 Å². The minimum Gasteiger partial charge on any atom is -0.333 e. The molecule has 0 unspecified atom stereocenters. The van der Waals surface area contributed by atoms with Crippen LogP contribution >= 0.6 is 0 Å². The number of para-hydroxylation sites is 1. The largest absolute Gasteiger partial charge is 0.333 e. The highest BCUT2D eigenvalue weighted by molar-refractivity contribution is 5.95. The predicted molar refractivity (Wildman–Crippen MR) is 85.5 cm³/mol. The van der Waals surface area contributed by atoms with Crippen LogP contribution in [0, 0.1) is 0 Å². The lowest BCUT2D eigenvalue weighted by Gasteiger charge is -2.16. The summed E-state index contributed by atoms with van der Waals surface area (Å²) in [7, 11) is 0. The lowest BCUT2D eigenvalue weighted by Crippen LogP contribution is -2.34. The van der Waals surface area contributed by atoms with Crippen LogP contribution in [0.3, 0.4) is 0 Å². The van der Waals surface area contributed by atoms with Crippen molar-refractivity contribution in [1.29, 1.82) is 0 Å². The maximum Gasteiger partial charge on any atom is 0.243 e. The molecule has 2 aromatic carbocycles. The molecule has 3 rings (SSSR count). The second kappa shape index (κ2) is 6.43. The summed E-state index contributed by atoms with van der Waals surface area (Å²) in [6.07, 6.45) is 0.475. The van der Waals surface area contributed by atoms with Crippen molar-refractivity contribution in [2.24, 2.45) is 0 Å². The molecule has 1 N–H and O–H groups in total. The van der Waals surface area contributed by atoms with E-state index in [1.807, 2.05) is 60.7 Å². The number of nitrogens with one attached hydrogen (secondary N) is 1. The Hall–Kier alpha value is -2.62. The number of hydrogen-bond acceptors (Lipinski definition) is 2. The van der Waals surface area contributed by atoms with Crippen LogP contribution in [0.4, 0.5) is 5.69 Å². The number of anilines is 1. The third-order valence-electron chi connectivity index (χ3n) is 3.88. The van der Waals surface area contributed by atoms with Gasteiger partial charge in [-0.3, -0.25) is 9.59 Å². The summed E-state index contributed by atoms with van der Waals surface area (Å²) in [5.41, 5.74) is 1.90. The molecule has 1 fully saturated rings. The second-order valence-corrected chi connectivity index (χ2v) is 5.50. The van der Waals surface area contributed by atoms with E-state index in [0.29, 0.717) is 13.0 Å². The molecule has 1 aliphatic rings. The molecule has 1 aliphatic heterocycles. The van der Waals surface area contributed by atoms with E-state index in [1.165, 1.54) is 0 Å². The van der Waals surface area contributed by atoms with Crippen LogP contribution in [0.15, 0.2) is 60.7 Å². The Bertz CT molecular complexity index is 655. The molecule has 4 heteroatoms. The molecule has 1 heterocycles. The number of carbonyl (C=O) groups excluding carboxylic acids is 2. The zero-order chi connectivity index (χ0) is 15.4. The van der Waals surface area contributed by atoms with Gasteiger partial charge < -0.3 is 10.2 Å². The standard InChI is InChI=1S/C18H18N2O2/c21-17(19-16-9-5-2-6-10-16)13-20-12-15(11-18(20)22)14-7-3-1-4-8-14/h1-10,15H,11-13H2,(H,19,21)/t15-/m0/s1. The molecular weight excluding hydrogens is 276 g/mol. The smallest absolute Gasteiger partial charge is 0.243 e. The van der Waals surface area contributed by atoms with E-state index in [2.05, 4.69) is 5.32 Å². The van der Waals surface area contributed by atoms with Crippen molar-refractivity contribution < 1.29 is 9.59 Å². The summed E-state index contributed by atoms with van der Waals surface area (Å²) in [6.45, 7) is 0.710. The summed E-state index contributed by atoms with van der Waals surface area (Å²) in [6, 6.07) is 19.3. The zero-order valence-corrected chi connectivity index (χ0v) is 12.2. The highest BCUT2D eigenvalue weighted by atomic mass is 16.2. The first kappa shape index (κ1) is 14.3. The van der Waals surface area contributed by atoms with Gasteiger partial charge >= 0.3 is 0 Å². The molecule has 22 heavy (non-hydrogen) atoms. The van der Waals surface area contributed by atoms with Gasteiger partial charge in [-0.1, -0.05) is 48.5 Å². The van der Waals surface area contributed by atoms with Crippen LogP contribution in [0.1, 0.15) is 17.9 Å². The summed E-state index contributed by atoms with van der Waals surface area (Å²) in [5.74, 6) is 0.0588. The fourth-order valence-electron chi connectivity index (χ4n) is 2.77. The van der Waals surface area contributed by atoms with Crippen LogP contribution in [0.5, 0.6) is 0 Å². The first-order valence-corrected chi connectivity index (χ1v) is 7.40. The Labute approximate surface area is 129 Å². The molecule has 0 aromatic heterocycles. The summed E-state index contributed by atoms with van der Waals surface area (Å²) in [5, 5.41) is 2.81. The highest BCUT2D eigenvalue weighted by Gasteiger charge is 2.31. The van der Waals surface area contributed by atoms with Crippen molar-refractivity contribution in [2.75, 3.05) is 18.4 Å². The van der Waals surface area contributed by atoms with Crippen molar-refractivity contribution >= 4 is 17.5 Å². The van der Waals surface area contributed by atoms with Crippen LogP contribution in [0.2, 0.25) is 0 Å². The Morgan fingerprint density at radius 3 is 2.36 bits per heavy atom. The van der Waals surface area contributed by atoms with Gasteiger partial charge in [-0.25, -0.2) is 0 Å². The molecule has 0 spiro atoms. The minimum atomic E-state index is -0.159. The van der Waals surface area contributed by atoms with Crippen LogP contribution in [0.25, 0.3) is 0 Å². The average molecular weight is 294 g/mol. The van der Waals surface area contributed by atoms with Crippen molar-refractivity contribution in [2.45, 2.75) is 12.3 Å². The number of rotatable bonds is 4. The maximum absolute atomic E-state index is 12.1. The SMILES string of the molecule is O=C(CN1C[C@@H](c2ccccc2)CC1=O)Nc1ccccc1. The quantitative estimate of drug-likeness (QED) is 0.942. The van der Waals surface area contributed by atoms with Crippen molar-refractivity contribution in [3.8, 4) is 0 Å². The summed E-state index contributed by atoms with van der Waals surface area (Å²) < 4.78 is 0. The molecule has 2 amide bonds. The lowest BCUT2D eigenvalue weighted by molar-refractivity contribution is -0.131. The van der Waals surface area contributed by atoms with E-state index < -0.39 is 0 Å². The topological polar surface area (TPSA) is 49.4 Å². The van der Waals surface area contributed by atoms with Gasteiger partial charge in [0, 0.05) is 24.6 Å². The highest BCUT2D eigenvalue weighted by Crippen LogP contribution is 2.27. The molecule has 1 saturated heterocycles. The fourth-order valence-corrected chi connectivity index (χ4v) is 2.77. The number of benzene rings is 2. The van der Waals surface area contributed by atoms with Gasteiger partial charge in [0.25, 0.3) is 0 Å². The van der Waals surface area contributed by atoms with Gasteiger partial charge in [0.15, 0.2) is 0 Å². The van der Waals surface area contributed by atoms with Gasteiger partial charge in [-0.2, -0.15) is 0 Å². The molecule has 0 radical (unpaired) electrons. The number of carbonyl (C=O) groups is 2. The Kier molecular flexibility index (Phi) is 4.19. The average Bonchev–Trinajstić information content (AvgIpc) is 2.90. The van der Waals surface area contributed by atoms with Gasteiger partial charge in [0.2, 0.25) is 11.8 Å². The van der Waals surface area contributed by atoms with E-state index in [1.54, 1.807) is 4.90 Å². The fraction of sp³-hybridized carbons (Fsp3) is 0.222. The van der Waals surface area contributed by atoms with Gasteiger partial charge in [0.1, 0.15) is 0 Å². The molecule has 0 saturated carbocycles. The number of nitrogens with zero attached hydrogens (tertiary/aromatic N) is 1. The zero-order valence-electron chi connectivity index (χ0n) is 12.2. The maximum atomic E-state index is 12.1. The molecular formula is C18H18N2O2. The van der Waals surface area contributed by atoms with Crippen molar-refractivity contribution in [3.63, 3.8) is 0 Å². The molecule has 4 nitrogen and oxygen atoms in total. The molecule has 2 aromatic rings. The van der Waals surface area contributed by atoms with E-state index in [9.17, 15) is 9.59 Å². The number of hydrogen-bond donors (Lipinski definition) is 1. The van der Waals surface area contributed by atoms with E-state index in [4.69, 9.17) is 0 Å². The number of likely N-dealkylation sites (tertiary alicyclic amines) is 1. The van der Waals surface area contributed by atoms with Crippen molar-refractivity contribution in [3.05, 3.63) is 66.2 Å². The van der Waals surface area contributed by atoms with E-state index in [0.717, 1.165) is 11.3 Å². The summed E-state index contributed by atoms with van der Waals surface area (Å²) in [4.78, 5) is 25.8. The Morgan fingerprint density at radius 2 is 1.68 bits per heavy atom. The Morgan fingerprint density at radius 1 is 1.05 bits per heavy atom. The Balaban J connectivity index is 1.59. The molecule has 0 aliphatic carbocycles. The predicted octanol–water partition coefficient (Wildman–Crippen LogP) is 2.64. The monoisotopic (exact) mass is 294 g/mol. The normalized spacial score (nSPS) is 17.5. The first-order chi connectivity index (χ1) is 10.7. The van der Waals surface area contributed by atoms with Gasteiger partial charge in [0.05, 0.1) is 6.54 Å². The second-order valence-electron chi connectivity index (χ2n) is 5.50. The molecule has 1 atom stereocenters. The minimum absolute atomic E-state index is 0.0389. The van der Waals surface area contributed by atoms with E-state index in [-0.39, 0.29) is 24.3 Å². The molecule has 112 valence electrons. The van der Waals surface area contributed by atoms with E-state index >= 15 is 0 Å².